The number of ether oxygens (including phenoxy) is 2. The Kier molecular flexibility index (Phi) is 8.84. The molecule has 0 radical (unpaired) electrons. The van der Waals surface area contributed by atoms with Crippen LogP contribution in [0.2, 0.25) is 0 Å². The molecule has 0 saturated heterocycles. The van der Waals surface area contributed by atoms with Crippen molar-refractivity contribution in [3.8, 4) is 0 Å². The third-order valence-corrected chi connectivity index (χ3v) is 6.40. The van der Waals surface area contributed by atoms with Crippen molar-refractivity contribution in [3.05, 3.63) is 69.5 Å². The van der Waals surface area contributed by atoms with Gasteiger partial charge in [0.25, 0.3) is 5.56 Å². The molecule has 0 aliphatic rings. The maximum atomic E-state index is 13.2. The number of methoxy groups -OCH3 is 2. The number of nitrogens with one attached hydrogen (secondary N) is 1. The van der Waals surface area contributed by atoms with Crippen molar-refractivity contribution in [2.24, 2.45) is 0 Å². The summed E-state index contributed by atoms with van der Waals surface area (Å²) in [6.07, 6.45) is 0.616. The number of fused-ring (bicyclic) bond motifs is 1. The summed E-state index contributed by atoms with van der Waals surface area (Å²) in [5.41, 5.74) is 2.62. The average Bonchev–Trinajstić information content (AvgIpc) is 2.84. The zero-order valence-corrected chi connectivity index (χ0v) is 20.6. The van der Waals surface area contributed by atoms with E-state index in [0.29, 0.717) is 47.7 Å². The first kappa shape index (κ1) is 25.5. The Hall–Kier alpha value is -3.17. The van der Waals surface area contributed by atoms with E-state index < -0.39 is 11.2 Å². The minimum Gasteiger partial charge on any atom is -0.465 e. The zero-order chi connectivity index (χ0) is 24.7. The van der Waals surface area contributed by atoms with Crippen molar-refractivity contribution in [1.82, 2.24) is 14.9 Å². The van der Waals surface area contributed by atoms with Crippen LogP contribution in [0.15, 0.2) is 52.4 Å². The molecule has 0 spiro atoms. The minimum atomic E-state index is -0.508. The number of hydrogen-bond donors (Lipinski definition) is 1. The van der Waals surface area contributed by atoms with Gasteiger partial charge in [-0.25, -0.2) is 9.78 Å². The number of hydrogen-bond acceptors (Lipinski definition) is 7. The highest BCUT2D eigenvalue weighted by molar-refractivity contribution is 8.00. The lowest BCUT2D eigenvalue weighted by Crippen LogP contribution is -2.32. The van der Waals surface area contributed by atoms with E-state index in [0.717, 1.165) is 11.1 Å². The quantitative estimate of drug-likeness (QED) is 0.204. The number of carbonyl (C=O) groups is 2. The first-order chi connectivity index (χ1) is 16.3. The second-order valence-corrected chi connectivity index (χ2v) is 9.19. The Morgan fingerprint density at radius 3 is 2.56 bits per heavy atom. The molecule has 34 heavy (non-hydrogen) atoms. The highest BCUT2D eigenvalue weighted by Crippen LogP contribution is 2.24. The van der Waals surface area contributed by atoms with Gasteiger partial charge in [-0.1, -0.05) is 41.6 Å². The van der Waals surface area contributed by atoms with Gasteiger partial charge in [-0.05, 0) is 44.0 Å². The second-order valence-electron chi connectivity index (χ2n) is 7.88. The second kappa shape index (κ2) is 11.8. The SMILES string of the molecule is COCCCn1c(SC(C)C(=O)NCc2ccc(C)cc2)nc2cc(C(=O)OC)ccc2c1=O. The Bertz CT molecular complexity index is 1220. The standard InChI is InChI=1S/C25H29N3O5S/c1-16-6-8-18(9-7-16)15-26-22(29)17(2)34-25-27-21-14-19(24(31)33-4)10-11-20(21)23(30)28(25)12-5-13-32-3/h6-11,14,17H,5,12-13,15H2,1-4H3,(H,26,29). The minimum absolute atomic E-state index is 0.160. The largest absolute Gasteiger partial charge is 0.465 e. The summed E-state index contributed by atoms with van der Waals surface area (Å²) in [5, 5.41) is 3.25. The Labute approximate surface area is 202 Å². The molecule has 0 fully saturated rings. The van der Waals surface area contributed by atoms with E-state index in [1.165, 1.54) is 24.9 Å². The van der Waals surface area contributed by atoms with Crippen molar-refractivity contribution in [3.63, 3.8) is 0 Å². The van der Waals surface area contributed by atoms with Gasteiger partial charge in [0, 0.05) is 26.8 Å². The summed E-state index contributed by atoms with van der Waals surface area (Å²) >= 11 is 1.21. The highest BCUT2D eigenvalue weighted by atomic mass is 32.2. The molecule has 1 atom stereocenters. The van der Waals surface area contributed by atoms with Crippen LogP contribution in [0.3, 0.4) is 0 Å². The van der Waals surface area contributed by atoms with Gasteiger partial charge in [-0.15, -0.1) is 0 Å². The molecule has 1 N–H and O–H groups in total. The molecule has 3 rings (SSSR count). The predicted octanol–water partition coefficient (Wildman–Crippen LogP) is 3.33. The summed E-state index contributed by atoms with van der Waals surface area (Å²) < 4.78 is 11.5. The number of esters is 1. The summed E-state index contributed by atoms with van der Waals surface area (Å²) in [5.74, 6) is -0.669. The van der Waals surface area contributed by atoms with E-state index in [9.17, 15) is 14.4 Å². The topological polar surface area (TPSA) is 99.5 Å². The summed E-state index contributed by atoms with van der Waals surface area (Å²) in [6, 6.07) is 12.6. The molecular weight excluding hydrogens is 454 g/mol. The molecule has 9 heteroatoms. The number of nitrogens with zero attached hydrogens (tertiary/aromatic N) is 2. The van der Waals surface area contributed by atoms with E-state index in [4.69, 9.17) is 9.47 Å². The first-order valence-corrected chi connectivity index (χ1v) is 11.8. The molecular formula is C25H29N3O5S. The van der Waals surface area contributed by atoms with E-state index in [1.54, 1.807) is 30.7 Å². The van der Waals surface area contributed by atoms with Gasteiger partial charge in [0.2, 0.25) is 5.91 Å². The van der Waals surface area contributed by atoms with Gasteiger partial charge >= 0.3 is 5.97 Å². The molecule has 2 aromatic carbocycles. The number of rotatable bonds is 10. The maximum absolute atomic E-state index is 13.2. The van der Waals surface area contributed by atoms with E-state index in [2.05, 4.69) is 10.3 Å². The fourth-order valence-electron chi connectivity index (χ4n) is 3.35. The smallest absolute Gasteiger partial charge is 0.337 e. The van der Waals surface area contributed by atoms with Gasteiger partial charge in [-0.2, -0.15) is 0 Å². The number of carbonyl (C=O) groups excluding carboxylic acids is 2. The lowest BCUT2D eigenvalue weighted by molar-refractivity contribution is -0.120. The molecule has 1 amide bonds. The van der Waals surface area contributed by atoms with E-state index >= 15 is 0 Å². The van der Waals surface area contributed by atoms with E-state index in [1.807, 2.05) is 31.2 Å². The van der Waals surface area contributed by atoms with Crippen LogP contribution in [0.4, 0.5) is 0 Å². The molecule has 1 aromatic heterocycles. The van der Waals surface area contributed by atoms with Crippen LogP contribution in [0, 0.1) is 6.92 Å². The predicted molar refractivity (Wildman–Crippen MR) is 132 cm³/mol. The van der Waals surface area contributed by atoms with Crippen molar-refractivity contribution in [2.45, 2.75) is 43.8 Å². The van der Waals surface area contributed by atoms with Crippen LogP contribution in [0.1, 0.15) is 34.8 Å². The molecule has 1 heterocycles. The van der Waals surface area contributed by atoms with Gasteiger partial charge in [-0.3, -0.25) is 14.2 Å². The molecule has 0 aliphatic carbocycles. The third kappa shape index (κ3) is 6.24. The van der Waals surface area contributed by atoms with Crippen LogP contribution < -0.4 is 10.9 Å². The van der Waals surface area contributed by atoms with Crippen molar-refractivity contribution < 1.29 is 19.1 Å². The Morgan fingerprint density at radius 1 is 1.15 bits per heavy atom. The molecule has 0 bridgehead atoms. The van der Waals surface area contributed by atoms with Crippen molar-refractivity contribution in [2.75, 3.05) is 20.8 Å². The fourth-order valence-corrected chi connectivity index (χ4v) is 4.31. The number of aromatic nitrogens is 2. The third-order valence-electron chi connectivity index (χ3n) is 5.31. The fraction of sp³-hybridized carbons (Fsp3) is 0.360. The lowest BCUT2D eigenvalue weighted by Gasteiger charge is -2.16. The normalized spacial score (nSPS) is 11.9. The molecule has 0 aliphatic heterocycles. The molecule has 0 saturated carbocycles. The lowest BCUT2D eigenvalue weighted by atomic mass is 10.1. The number of aryl methyl sites for hydroxylation is 1. The van der Waals surface area contributed by atoms with Crippen LogP contribution >= 0.6 is 11.8 Å². The molecule has 3 aromatic rings. The summed E-state index contributed by atoms with van der Waals surface area (Å²) in [4.78, 5) is 42.6. The van der Waals surface area contributed by atoms with Gasteiger partial charge < -0.3 is 14.8 Å². The zero-order valence-electron chi connectivity index (χ0n) is 19.8. The maximum Gasteiger partial charge on any atom is 0.337 e. The molecule has 180 valence electrons. The van der Waals surface area contributed by atoms with Crippen molar-refractivity contribution >= 4 is 34.5 Å². The number of benzene rings is 2. The molecule has 8 nitrogen and oxygen atoms in total. The van der Waals surface area contributed by atoms with Crippen LogP contribution in [-0.2, 0) is 27.4 Å². The molecule has 1 unspecified atom stereocenters. The van der Waals surface area contributed by atoms with Crippen LogP contribution in [-0.4, -0.2) is 47.5 Å². The van der Waals surface area contributed by atoms with Crippen molar-refractivity contribution in [1.29, 1.82) is 0 Å². The monoisotopic (exact) mass is 483 g/mol. The Balaban J connectivity index is 1.86. The van der Waals surface area contributed by atoms with Gasteiger partial charge in [0.05, 0.1) is 28.8 Å². The van der Waals surface area contributed by atoms with Gasteiger partial charge in [0.15, 0.2) is 5.16 Å². The highest BCUT2D eigenvalue weighted by Gasteiger charge is 2.20. The first-order valence-electron chi connectivity index (χ1n) is 11.0. The number of thioether (sulfide) groups is 1. The Morgan fingerprint density at radius 2 is 1.88 bits per heavy atom. The average molecular weight is 484 g/mol. The van der Waals surface area contributed by atoms with Crippen LogP contribution in [0.25, 0.3) is 10.9 Å². The number of amides is 1. The van der Waals surface area contributed by atoms with Gasteiger partial charge in [0.1, 0.15) is 0 Å². The van der Waals surface area contributed by atoms with Crippen LogP contribution in [0.5, 0.6) is 0 Å². The van der Waals surface area contributed by atoms with E-state index in [-0.39, 0.29) is 11.5 Å². The summed E-state index contributed by atoms with van der Waals surface area (Å²) in [7, 11) is 2.90. The summed E-state index contributed by atoms with van der Waals surface area (Å²) in [6.45, 7) is 5.09.